The molecule has 144 valence electrons. The Morgan fingerprint density at radius 1 is 1.14 bits per heavy atom. The molecule has 2 N–H and O–H groups in total. The Kier molecular flexibility index (Phi) is 4.25. The number of hydrogen-bond donors (Lipinski definition) is 2. The number of rotatable bonds is 3. The summed E-state index contributed by atoms with van der Waals surface area (Å²) in [7, 11) is 1.95. The lowest BCUT2D eigenvalue weighted by molar-refractivity contribution is 0.0922. The molecule has 2 aromatic carbocycles. The molecule has 5 nitrogen and oxygen atoms in total. The molecule has 0 fully saturated rings. The van der Waals surface area contributed by atoms with Gasteiger partial charge in [0, 0.05) is 29.9 Å². The van der Waals surface area contributed by atoms with Crippen LogP contribution < -0.4 is 10.2 Å². The van der Waals surface area contributed by atoms with Crippen molar-refractivity contribution in [3.8, 4) is 0 Å². The molecule has 5 rings (SSSR count). The van der Waals surface area contributed by atoms with Crippen LogP contribution in [0.2, 0.25) is 5.02 Å². The zero-order valence-corrected chi connectivity index (χ0v) is 16.6. The Morgan fingerprint density at radius 2 is 1.97 bits per heavy atom. The van der Waals surface area contributed by atoms with Gasteiger partial charge in [-0.15, -0.1) is 0 Å². The lowest BCUT2D eigenvalue weighted by Gasteiger charge is -2.34. The average Bonchev–Trinajstić information content (AvgIpc) is 3.24. The fourth-order valence-corrected chi connectivity index (χ4v) is 4.17. The van der Waals surface area contributed by atoms with Gasteiger partial charge in [0.05, 0.1) is 11.4 Å². The van der Waals surface area contributed by atoms with Gasteiger partial charge in [0.2, 0.25) is 0 Å². The van der Waals surface area contributed by atoms with Crippen molar-refractivity contribution < 1.29 is 4.79 Å². The van der Waals surface area contributed by atoms with E-state index in [9.17, 15) is 4.79 Å². The zero-order valence-electron chi connectivity index (χ0n) is 15.8. The van der Waals surface area contributed by atoms with Gasteiger partial charge in [-0.05, 0) is 41.1 Å². The maximum absolute atomic E-state index is 12.5. The van der Waals surface area contributed by atoms with E-state index in [0.717, 1.165) is 39.2 Å². The topological polar surface area (TPSA) is 61.0 Å². The Balaban J connectivity index is 1.60. The molecule has 6 heteroatoms. The maximum atomic E-state index is 12.5. The predicted octanol–water partition coefficient (Wildman–Crippen LogP) is 4.69. The van der Waals surface area contributed by atoms with E-state index in [4.69, 9.17) is 11.6 Å². The van der Waals surface area contributed by atoms with Gasteiger partial charge in [0.25, 0.3) is 5.91 Å². The van der Waals surface area contributed by atoms with Crippen LogP contribution in [0.15, 0.2) is 67.0 Å². The van der Waals surface area contributed by atoms with Gasteiger partial charge in [0.1, 0.15) is 11.9 Å². The van der Waals surface area contributed by atoms with Gasteiger partial charge in [-0.25, -0.2) is 0 Å². The van der Waals surface area contributed by atoms with E-state index in [1.807, 2.05) is 60.6 Å². The summed E-state index contributed by atoms with van der Waals surface area (Å²) in [5.74, 6) is -0.134. The highest BCUT2D eigenvalue weighted by Gasteiger charge is 2.31. The Labute approximate surface area is 173 Å². The second kappa shape index (κ2) is 6.94. The Hall–Kier alpha value is -3.31. The van der Waals surface area contributed by atoms with Crippen LogP contribution in [0, 0.1) is 0 Å². The van der Waals surface area contributed by atoms with E-state index in [1.54, 1.807) is 6.20 Å². The number of carbonyl (C=O) groups is 1. The molecule has 4 aromatic rings. The van der Waals surface area contributed by atoms with Gasteiger partial charge < -0.3 is 15.2 Å². The predicted molar refractivity (Wildman–Crippen MR) is 115 cm³/mol. The number of aromatic amines is 1. The van der Waals surface area contributed by atoms with Crippen LogP contribution in [-0.2, 0) is 6.42 Å². The van der Waals surface area contributed by atoms with Crippen LogP contribution in [-0.4, -0.2) is 22.9 Å². The molecule has 0 bridgehead atoms. The summed E-state index contributed by atoms with van der Waals surface area (Å²) < 4.78 is 0. The number of amides is 1. The van der Waals surface area contributed by atoms with Gasteiger partial charge >= 0.3 is 0 Å². The largest absolute Gasteiger partial charge is 0.355 e. The number of pyridine rings is 1. The number of aromatic nitrogens is 2. The first-order chi connectivity index (χ1) is 14.1. The van der Waals surface area contributed by atoms with Crippen LogP contribution in [0.4, 0.5) is 5.69 Å². The lowest BCUT2D eigenvalue weighted by atomic mass is 9.98. The van der Waals surface area contributed by atoms with E-state index < -0.39 is 0 Å². The van der Waals surface area contributed by atoms with Crippen LogP contribution in [0.1, 0.15) is 33.5 Å². The summed E-state index contributed by atoms with van der Waals surface area (Å²) in [5, 5.41) is 5.84. The van der Waals surface area contributed by atoms with Crippen LogP contribution in [0.3, 0.4) is 0 Å². The summed E-state index contributed by atoms with van der Waals surface area (Å²) in [5.41, 5.74) is 4.46. The van der Waals surface area contributed by atoms with E-state index in [-0.39, 0.29) is 12.1 Å². The van der Waals surface area contributed by atoms with Crippen LogP contribution in [0.5, 0.6) is 0 Å². The van der Waals surface area contributed by atoms with Gasteiger partial charge in [-0.3, -0.25) is 9.78 Å². The fraction of sp³-hybridized carbons (Fsp3) is 0.130. The summed E-state index contributed by atoms with van der Waals surface area (Å²) >= 11 is 6.59. The normalized spacial score (nSPS) is 16.0. The average molecular weight is 403 g/mol. The van der Waals surface area contributed by atoms with Crippen LogP contribution in [0.25, 0.3) is 10.8 Å². The molecule has 1 aliphatic heterocycles. The highest BCUT2D eigenvalue weighted by Crippen LogP contribution is 2.33. The molecule has 1 unspecified atom stereocenters. The first-order valence-corrected chi connectivity index (χ1v) is 9.81. The summed E-state index contributed by atoms with van der Waals surface area (Å²) in [6.45, 7) is 0. The summed E-state index contributed by atoms with van der Waals surface area (Å²) in [4.78, 5) is 22.1. The third-order valence-electron chi connectivity index (χ3n) is 5.47. The number of benzene rings is 2. The van der Waals surface area contributed by atoms with Crippen molar-refractivity contribution in [3.63, 3.8) is 0 Å². The van der Waals surface area contributed by atoms with Crippen molar-refractivity contribution in [2.45, 2.75) is 12.6 Å². The summed E-state index contributed by atoms with van der Waals surface area (Å²) in [6, 6.07) is 18.1. The molecule has 0 saturated carbocycles. The van der Waals surface area contributed by atoms with E-state index >= 15 is 0 Å². The molecule has 0 spiro atoms. The third kappa shape index (κ3) is 3.04. The Bertz CT molecular complexity index is 1220. The number of halogens is 1. The van der Waals surface area contributed by atoms with Crippen molar-refractivity contribution in [3.05, 3.63) is 94.5 Å². The van der Waals surface area contributed by atoms with Crippen LogP contribution >= 0.6 is 11.6 Å². The van der Waals surface area contributed by atoms with E-state index in [2.05, 4.69) is 27.4 Å². The highest BCUT2D eigenvalue weighted by atomic mass is 35.5. The number of hydrogen-bond acceptors (Lipinski definition) is 3. The van der Waals surface area contributed by atoms with Crippen molar-refractivity contribution >= 4 is 34.0 Å². The molecule has 29 heavy (non-hydrogen) atoms. The van der Waals surface area contributed by atoms with Crippen molar-refractivity contribution in [2.75, 3.05) is 11.9 Å². The molecule has 0 saturated heterocycles. The molecule has 2 aromatic heterocycles. The van der Waals surface area contributed by atoms with Gasteiger partial charge in [-0.2, -0.15) is 0 Å². The number of nitrogens with zero attached hydrogens (tertiary/aromatic N) is 2. The lowest BCUT2D eigenvalue weighted by Crippen LogP contribution is -2.44. The standard InChI is InChI=1S/C23H19ClN4O/c1-28-20-9-10-25-21(20)23(29)27-22(28)19-12-16-15(13-26-19)7-8-18(24)17(16)11-14-5-3-2-4-6-14/h2-10,12-13,22,25H,11H2,1H3,(H,27,29). The summed E-state index contributed by atoms with van der Waals surface area (Å²) in [6.07, 6.45) is 4.00. The Morgan fingerprint density at radius 3 is 2.79 bits per heavy atom. The number of nitrogens with one attached hydrogen (secondary N) is 2. The maximum Gasteiger partial charge on any atom is 0.271 e. The molecule has 0 radical (unpaired) electrons. The monoisotopic (exact) mass is 402 g/mol. The molecular weight excluding hydrogens is 384 g/mol. The fourth-order valence-electron chi connectivity index (χ4n) is 3.94. The number of anilines is 1. The number of fused-ring (bicyclic) bond motifs is 2. The first-order valence-electron chi connectivity index (χ1n) is 9.44. The second-order valence-electron chi connectivity index (χ2n) is 7.24. The molecule has 1 atom stereocenters. The quantitative estimate of drug-likeness (QED) is 0.522. The molecule has 1 aliphatic rings. The number of carbonyl (C=O) groups excluding carboxylic acids is 1. The van der Waals surface area contributed by atoms with Crippen molar-refractivity contribution in [1.29, 1.82) is 0 Å². The smallest absolute Gasteiger partial charge is 0.271 e. The third-order valence-corrected chi connectivity index (χ3v) is 5.82. The highest BCUT2D eigenvalue weighted by molar-refractivity contribution is 6.32. The van der Waals surface area contributed by atoms with Crippen molar-refractivity contribution in [1.82, 2.24) is 15.3 Å². The second-order valence-corrected chi connectivity index (χ2v) is 7.65. The minimum atomic E-state index is -0.348. The SMILES string of the molecule is CN1c2cc[nH]c2C(=O)NC1c1cc2c(Cc3ccccc3)c(Cl)ccc2cn1. The molecule has 1 amide bonds. The molecular formula is C23H19ClN4O. The van der Waals surface area contributed by atoms with Crippen molar-refractivity contribution in [2.24, 2.45) is 0 Å². The van der Waals surface area contributed by atoms with E-state index in [1.165, 1.54) is 5.56 Å². The minimum absolute atomic E-state index is 0.134. The molecule has 0 aliphatic carbocycles. The van der Waals surface area contributed by atoms with Gasteiger partial charge in [0.15, 0.2) is 0 Å². The first kappa shape index (κ1) is 17.8. The van der Waals surface area contributed by atoms with Gasteiger partial charge in [-0.1, -0.05) is 48.0 Å². The molecule has 3 heterocycles. The number of H-pyrrole nitrogens is 1. The van der Waals surface area contributed by atoms with E-state index in [0.29, 0.717) is 5.69 Å². The minimum Gasteiger partial charge on any atom is -0.355 e. The zero-order chi connectivity index (χ0) is 20.0.